The number of benzene rings is 1. The van der Waals surface area contributed by atoms with Crippen LogP contribution in [-0.4, -0.2) is 177 Å². The van der Waals surface area contributed by atoms with Gasteiger partial charge in [-0.2, -0.15) is 0 Å². The van der Waals surface area contributed by atoms with Crippen LogP contribution < -0.4 is 14.4 Å². The van der Waals surface area contributed by atoms with Crippen LogP contribution in [0.1, 0.15) is 126 Å². The lowest BCUT2D eigenvalue weighted by molar-refractivity contribution is -0.316. The van der Waals surface area contributed by atoms with Gasteiger partial charge in [0.1, 0.15) is 23.2 Å². The number of esters is 2. The van der Waals surface area contributed by atoms with Gasteiger partial charge in [0.2, 0.25) is 0 Å². The highest BCUT2D eigenvalue weighted by atomic mass is 35.5. The van der Waals surface area contributed by atoms with Crippen LogP contribution in [-0.2, 0) is 63.6 Å². The van der Waals surface area contributed by atoms with Crippen LogP contribution in [0.2, 0.25) is 10.0 Å². The fraction of sp³-hybridized carbons (Fsp3) is 0.770. The number of aromatic nitrogens is 1. The fourth-order valence-electron chi connectivity index (χ4n) is 13.7. The van der Waals surface area contributed by atoms with Crippen LogP contribution >= 0.6 is 35.0 Å². The van der Waals surface area contributed by atoms with Gasteiger partial charge in [-0.25, -0.2) is 0 Å². The topological polar surface area (TPSA) is 192 Å². The highest BCUT2D eigenvalue weighted by molar-refractivity contribution is 8.00. The van der Waals surface area contributed by atoms with Crippen molar-refractivity contribution in [3.8, 4) is 11.5 Å². The first-order valence-electron chi connectivity index (χ1n) is 29.3. The average Bonchev–Trinajstić information content (AvgIpc) is 3.67. The minimum atomic E-state index is -1.46. The molecule has 1 aromatic heterocycles. The second-order valence-corrected chi connectivity index (χ2v) is 26.5. The molecule has 0 spiro atoms. The summed E-state index contributed by atoms with van der Waals surface area (Å²) in [6.07, 6.45) is 1.58. The van der Waals surface area contributed by atoms with Crippen LogP contribution in [0.15, 0.2) is 30.6 Å². The summed E-state index contributed by atoms with van der Waals surface area (Å²) in [5.74, 6) is -3.55. The maximum Gasteiger partial charge on any atom is 0.320 e. The van der Waals surface area contributed by atoms with Gasteiger partial charge in [0.05, 0.1) is 76.9 Å². The number of likely N-dealkylation sites (N-methyl/N-ethyl adjacent to an activating group) is 1. The van der Waals surface area contributed by atoms with Crippen LogP contribution in [0, 0.1) is 29.6 Å². The number of hydrogen-bond acceptors (Lipinski definition) is 19. The predicted molar refractivity (Wildman–Crippen MR) is 315 cm³/mol. The molecule has 2 aromatic rings. The van der Waals surface area contributed by atoms with Crippen molar-refractivity contribution in [2.24, 2.45) is 29.6 Å². The number of halogens is 2. The molecule has 82 heavy (non-hydrogen) atoms. The van der Waals surface area contributed by atoms with Gasteiger partial charge in [-0.15, -0.1) is 11.8 Å². The molecule has 18 nitrogen and oxygen atoms in total. The number of nitrogens with zero attached hydrogens (tertiary/aromatic N) is 3. The molecule has 4 aliphatic heterocycles. The molecular weight excluding hydrogens is 1120 g/mol. The Kier molecular flexibility index (Phi) is 22.9. The summed E-state index contributed by atoms with van der Waals surface area (Å²) < 4.78 is 71.5. The number of thioether (sulfide) groups is 1. The third-order valence-electron chi connectivity index (χ3n) is 18.5. The van der Waals surface area contributed by atoms with Crippen molar-refractivity contribution < 1.29 is 71.6 Å². The Bertz CT molecular complexity index is 2460. The predicted octanol–water partition coefficient (Wildman–Crippen LogP) is 9.75. The van der Waals surface area contributed by atoms with E-state index in [2.05, 4.69) is 9.88 Å². The lowest BCUT2D eigenvalue weighted by Crippen LogP contribution is -2.62. The van der Waals surface area contributed by atoms with Crippen molar-refractivity contribution in [1.29, 1.82) is 0 Å². The summed E-state index contributed by atoms with van der Waals surface area (Å²) in [7, 11) is 10.3. The number of rotatable bonds is 19. The van der Waals surface area contributed by atoms with Crippen molar-refractivity contribution in [2.45, 2.75) is 217 Å². The highest BCUT2D eigenvalue weighted by Crippen LogP contribution is 2.50. The number of carbonyl (C=O) groups excluding carboxylic acids is 3. The molecule has 5 fully saturated rings. The number of anilines is 1. The molecule has 1 aromatic carbocycles. The third-order valence-corrected chi connectivity index (χ3v) is 20.5. The SMILES string of the molecule is CC[C@H]1OC(=O)[C@H](C)[C@@H](O[C@H]2C[C@@](C)(OC)[C@@H](O)[C@H](C)O2)[C@H](C)[C@@H](O[C@@H]2O[C@H](C)C[C@@H](OC)[C@@H]2N(C)C)[C@](C)(OC)C[C@@H](C)C(=O)[C@H](C)[C@H]2C(SCCN(Cc3c(Cl)cncc3Cl)c3ccc(OC)c(OC4CCCC4)c3)C(=O)O[C@@]21C. The van der Waals surface area contributed by atoms with Crippen molar-refractivity contribution in [3.05, 3.63) is 46.2 Å². The van der Waals surface area contributed by atoms with Crippen LogP contribution in [0.25, 0.3) is 0 Å². The first-order chi connectivity index (χ1) is 38.8. The molecule has 21 heteroatoms. The minimum Gasteiger partial charge on any atom is -0.493 e. The number of hydrogen-bond donors (Lipinski definition) is 1. The van der Waals surface area contributed by atoms with Gasteiger partial charge in [-0.3, -0.25) is 24.3 Å². The summed E-state index contributed by atoms with van der Waals surface area (Å²) >= 11 is 14.9. The number of pyridine rings is 1. The first-order valence-corrected chi connectivity index (χ1v) is 31.1. The van der Waals surface area contributed by atoms with Gasteiger partial charge in [0.25, 0.3) is 0 Å². The maximum absolute atomic E-state index is 15.6. The van der Waals surface area contributed by atoms with E-state index in [1.807, 2.05) is 78.7 Å². The summed E-state index contributed by atoms with van der Waals surface area (Å²) in [4.78, 5) is 54.0. The molecule has 4 saturated heterocycles. The zero-order valence-electron chi connectivity index (χ0n) is 51.1. The van der Waals surface area contributed by atoms with Gasteiger partial charge >= 0.3 is 11.9 Å². The molecule has 1 unspecified atom stereocenters. The van der Waals surface area contributed by atoms with E-state index in [1.54, 1.807) is 61.4 Å². The lowest BCUT2D eigenvalue weighted by Gasteiger charge is -2.50. The summed E-state index contributed by atoms with van der Waals surface area (Å²) in [6, 6.07) is 5.45. The van der Waals surface area contributed by atoms with Crippen LogP contribution in [0.5, 0.6) is 11.5 Å². The number of carbonyl (C=O) groups is 3. The number of methoxy groups -OCH3 is 4. The molecule has 5 heterocycles. The van der Waals surface area contributed by atoms with Gasteiger partial charge in [-0.05, 0) is 106 Å². The van der Waals surface area contributed by atoms with E-state index in [4.69, 9.17) is 75.3 Å². The summed E-state index contributed by atoms with van der Waals surface area (Å²) in [6.45, 7) is 19.2. The second-order valence-electron chi connectivity index (χ2n) is 24.5. The number of cyclic esters (lactones) is 1. The molecule has 0 bridgehead atoms. The van der Waals surface area contributed by atoms with E-state index in [-0.39, 0.29) is 49.4 Å². The monoisotopic (exact) mass is 1210 g/mol. The number of aliphatic hydroxyl groups is 1. The Labute approximate surface area is 501 Å². The fourth-order valence-corrected chi connectivity index (χ4v) is 15.6. The zero-order chi connectivity index (χ0) is 60.2. The summed E-state index contributed by atoms with van der Waals surface area (Å²) in [5.41, 5.74) is -2.27. The van der Waals surface area contributed by atoms with Gasteiger partial charge in [0.15, 0.2) is 29.7 Å². The van der Waals surface area contributed by atoms with Crippen molar-refractivity contribution >= 4 is 58.4 Å². The number of fused-ring (bicyclic) bond motifs is 1. The van der Waals surface area contributed by atoms with Crippen LogP contribution in [0.3, 0.4) is 0 Å². The van der Waals surface area contributed by atoms with Gasteiger partial charge in [-0.1, -0.05) is 50.9 Å². The Morgan fingerprint density at radius 3 is 2.13 bits per heavy atom. The molecular formula is C61H93Cl2N3O15S. The van der Waals surface area contributed by atoms with E-state index in [0.717, 1.165) is 31.4 Å². The minimum absolute atomic E-state index is 0.0712. The molecule has 5 aliphatic rings. The smallest absolute Gasteiger partial charge is 0.320 e. The van der Waals surface area contributed by atoms with E-state index >= 15 is 9.59 Å². The van der Waals surface area contributed by atoms with Crippen molar-refractivity contribution in [3.63, 3.8) is 0 Å². The largest absolute Gasteiger partial charge is 0.493 e. The average molecular weight is 1210 g/mol. The van der Waals surface area contributed by atoms with E-state index in [1.165, 1.54) is 18.9 Å². The second kappa shape index (κ2) is 28.2. The normalized spacial score (nSPS) is 38.0. The standard InChI is InChI=1S/C61H93Cl2N3O15S/c1-17-47-61(10)49(53(57(70)81-61)82-25-24-66(32-41-42(62)30-64-31-43(41)63)39-22-23-44(71-13)45(27-39)77-40-20-18-19-21-40)35(4)51(67)33(2)28-60(9,74-16)55(80-58-50(65(11)12)46(72-14)26-34(3)75-58)36(5)52(37(6)56(69)78-47)79-48-29-59(8,73-15)54(68)38(7)76-48/h22-23,27,30-31,33-38,40,46-50,52-55,58,68H,17-21,24-26,28-29,32H2,1-16H3/t33-,34-,35-,36+,37-,38+,46-,47-,48+,49+,50+,52+,53?,54+,55-,58+,59-,60-,61-/m1/s1. The van der Waals surface area contributed by atoms with E-state index in [0.29, 0.717) is 52.4 Å². The number of aliphatic hydroxyl groups excluding tert-OH is 1. The maximum atomic E-state index is 15.6. The van der Waals surface area contributed by atoms with Crippen molar-refractivity contribution in [1.82, 2.24) is 9.88 Å². The van der Waals surface area contributed by atoms with Gasteiger partial charge < -0.3 is 62.1 Å². The quantitative estimate of drug-likeness (QED) is 0.131. The zero-order valence-corrected chi connectivity index (χ0v) is 53.5. The Morgan fingerprint density at radius 2 is 1.52 bits per heavy atom. The molecule has 0 amide bonds. The van der Waals surface area contributed by atoms with Gasteiger partial charge in [0, 0.05) is 106 Å². The number of Topliss-reactive ketones (excluding diaryl/α,β-unsaturated/α-hetero) is 1. The number of ether oxygens (including phenoxy) is 11. The number of ketones is 1. The van der Waals surface area contributed by atoms with E-state index < -0.39 is 107 Å². The Balaban J connectivity index is 1.27. The van der Waals surface area contributed by atoms with Crippen LogP contribution in [0.4, 0.5) is 5.69 Å². The van der Waals surface area contributed by atoms with Crippen molar-refractivity contribution in [2.75, 3.05) is 59.7 Å². The molecule has 1 saturated carbocycles. The molecule has 7 rings (SSSR count). The molecule has 19 atom stereocenters. The van der Waals surface area contributed by atoms with E-state index in [9.17, 15) is 9.90 Å². The Hall–Kier alpha value is -3.05. The highest BCUT2D eigenvalue weighted by Gasteiger charge is 2.62. The molecule has 462 valence electrons. The molecule has 1 aliphatic carbocycles. The third kappa shape index (κ3) is 14.3. The molecule has 0 radical (unpaired) electrons. The Morgan fingerprint density at radius 1 is 0.854 bits per heavy atom. The lowest BCUT2D eigenvalue weighted by atomic mass is 9.70. The summed E-state index contributed by atoms with van der Waals surface area (Å²) in [5, 5.41) is 11.2. The first kappa shape index (κ1) is 66.5. The molecule has 1 N–H and O–H groups in total.